The van der Waals surface area contributed by atoms with E-state index >= 15 is 13.2 Å². The Bertz CT molecular complexity index is 2730. The van der Waals surface area contributed by atoms with Gasteiger partial charge in [-0.2, -0.15) is 13.2 Å². The van der Waals surface area contributed by atoms with Gasteiger partial charge in [0.15, 0.2) is 0 Å². The molecule has 2 aliphatic heterocycles. The average Bonchev–Trinajstić information content (AvgIpc) is 4.01. The van der Waals surface area contributed by atoms with Crippen molar-refractivity contribution in [1.29, 1.82) is 0 Å². The van der Waals surface area contributed by atoms with Crippen LogP contribution in [0, 0.1) is 0 Å². The summed E-state index contributed by atoms with van der Waals surface area (Å²) >= 11 is 25.2. The number of hydrogen-bond acceptors (Lipinski definition) is 3. The third kappa shape index (κ3) is 7.33. The Morgan fingerprint density at radius 3 is 1.18 bits per heavy atom. The average molecular weight is 877 g/mol. The Morgan fingerprint density at radius 1 is 0.456 bits per heavy atom. The Balaban J connectivity index is 0.00000455. The van der Waals surface area contributed by atoms with E-state index in [9.17, 15) is 0 Å². The maximum atomic E-state index is 15.8. The molecule has 7 aromatic rings. The van der Waals surface area contributed by atoms with E-state index in [4.69, 9.17) is 61.4 Å². The number of rotatable bonds is 4. The summed E-state index contributed by atoms with van der Waals surface area (Å²) in [5.41, 5.74) is 5.65. The molecular weight excluding hydrogens is 854 g/mol. The van der Waals surface area contributed by atoms with Crippen molar-refractivity contribution in [2.24, 2.45) is 0 Å². The van der Waals surface area contributed by atoms with Crippen LogP contribution in [0.15, 0.2) is 115 Å². The molecule has 0 N–H and O–H groups in total. The molecule has 0 aliphatic carbocycles. The van der Waals surface area contributed by atoms with Crippen LogP contribution < -0.4 is 4.98 Å². The fourth-order valence-corrected chi connectivity index (χ4v) is 7.65. The van der Waals surface area contributed by atoms with Crippen molar-refractivity contribution >= 4 is 92.6 Å². The van der Waals surface area contributed by atoms with Crippen molar-refractivity contribution in [3.8, 4) is 44.5 Å². The minimum absolute atomic E-state index is 0. The molecule has 0 saturated heterocycles. The number of nitrogens with zero attached hydrogens (tertiary/aromatic N) is 4. The second kappa shape index (κ2) is 15.4. The van der Waals surface area contributed by atoms with Gasteiger partial charge in [-0.3, -0.25) is 9.97 Å². The number of hydrogen-bond donors (Lipinski definition) is 0. The van der Waals surface area contributed by atoms with Crippen molar-refractivity contribution in [3.63, 3.8) is 0 Å². The van der Waals surface area contributed by atoms with E-state index in [0.29, 0.717) is 70.5 Å². The maximum Gasteiger partial charge on any atom is 2.00 e. The SMILES string of the molecule is FC(F)(F)[c-]1c2cnc1c(-c1ccc(Cl)cc1)c1nc(c(-c3ccc(Cl)cc3)c3ccc([n-]3)c(-c3ccc(Cl)cc3)c3nc(c2-c2ccc(Cl)cc2)C=C3)C=C1.[Ni+2]. The van der Waals surface area contributed by atoms with E-state index in [1.165, 1.54) is 6.20 Å². The summed E-state index contributed by atoms with van der Waals surface area (Å²) in [5.74, 6) is 0. The molecule has 0 unspecified atom stereocenters. The van der Waals surface area contributed by atoms with Crippen LogP contribution in [0.4, 0.5) is 13.2 Å². The minimum Gasteiger partial charge on any atom is -0.657 e. The summed E-state index contributed by atoms with van der Waals surface area (Å²) in [4.78, 5) is 19.8. The third-order valence-electron chi connectivity index (χ3n) is 9.61. The molecule has 0 fully saturated rings. The molecular formula is C45H23Cl4F3N4Ni. The van der Waals surface area contributed by atoms with E-state index < -0.39 is 11.7 Å². The third-order valence-corrected chi connectivity index (χ3v) is 10.6. The van der Waals surface area contributed by atoms with Gasteiger partial charge in [0.1, 0.15) is 0 Å². The van der Waals surface area contributed by atoms with Crippen LogP contribution in [0.5, 0.6) is 0 Å². The molecule has 282 valence electrons. The zero-order chi connectivity index (χ0) is 38.7. The second-order valence-corrected chi connectivity index (χ2v) is 14.8. The van der Waals surface area contributed by atoms with Gasteiger partial charge in [-0.1, -0.05) is 124 Å². The molecule has 57 heavy (non-hydrogen) atoms. The fourth-order valence-electron chi connectivity index (χ4n) is 7.14. The van der Waals surface area contributed by atoms with E-state index in [1.54, 1.807) is 97.1 Å². The summed E-state index contributed by atoms with van der Waals surface area (Å²) in [6, 6.07) is 31.5. The normalized spacial score (nSPS) is 12.2. The van der Waals surface area contributed by atoms with Gasteiger partial charge in [0.25, 0.3) is 0 Å². The molecule has 12 heteroatoms. The van der Waals surface area contributed by atoms with Crippen LogP contribution in [0.2, 0.25) is 20.1 Å². The number of benzene rings is 4. The molecule has 0 radical (unpaired) electrons. The molecule has 2 aliphatic rings. The summed E-state index contributed by atoms with van der Waals surface area (Å²) in [6.45, 7) is 0. The first-order valence-corrected chi connectivity index (χ1v) is 18.7. The fraction of sp³-hybridized carbons (Fsp3) is 0.0222. The van der Waals surface area contributed by atoms with E-state index in [2.05, 4.69) is 4.98 Å². The van der Waals surface area contributed by atoms with E-state index in [0.717, 1.165) is 11.1 Å². The van der Waals surface area contributed by atoms with Gasteiger partial charge >= 0.3 is 22.7 Å². The van der Waals surface area contributed by atoms with Crippen molar-refractivity contribution in [1.82, 2.24) is 19.9 Å². The number of alkyl halides is 3. The second-order valence-electron chi connectivity index (χ2n) is 13.1. The van der Waals surface area contributed by atoms with E-state index in [-0.39, 0.29) is 44.2 Å². The van der Waals surface area contributed by atoms with Crippen molar-refractivity contribution in [2.45, 2.75) is 6.18 Å². The Morgan fingerprint density at radius 2 is 0.789 bits per heavy atom. The zero-order valence-corrected chi connectivity index (χ0v) is 33.0. The first-order valence-electron chi connectivity index (χ1n) is 17.2. The summed E-state index contributed by atoms with van der Waals surface area (Å²) in [6.07, 6.45) is 3.37. The van der Waals surface area contributed by atoms with Gasteiger partial charge in [0, 0.05) is 31.5 Å². The molecule has 4 aromatic carbocycles. The Labute approximate surface area is 354 Å². The van der Waals surface area contributed by atoms with E-state index in [1.807, 2.05) is 36.4 Å². The number of fused-ring (bicyclic) bond motifs is 8. The monoisotopic (exact) mass is 874 g/mol. The predicted octanol–water partition coefficient (Wildman–Crippen LogP) is 14.4. The molecule has 8 bridgehead atoms. The van der Waals surface area contributed by atoms with Crippen molar-refractivity contribution < 1.29 is 29.7 Å². The van der Waals surface area contributed by atoms with Crippen LogP contribution in [0.1, 0.15) is 28.3 Å². The number of halogens is 7. The van der Waals surface area contributed by atoms with Gasteiger partial charge in [-0.25, -0.2) is 0 Å². The zero-order valence-electron chi connectivity index (χ0n) is 29.0. The maximum absolute atomic E-state index is 15.8. The summed E-state index contributed by atoms with van der Waals surface area (Å²) in [7, 11) is 0. The van der Waals surface area contributed by atoms with Crippen LogP contribution >= 0.6 is 46.4 Å². The molecule has 0 spiro atoms. The molecule has 0 amide bonds. The van der Waals surface area contributed by atoms with Gasteiger partial charge < -0.3 is 9.97 Å². The first-order chi connectivity index (χ1) is 27.0. The van der Waals surface area contributed by atoms with Gasteiger partial charge in [-0.05, 0) is 118 Å². The minimum atomic E-state index is -4.86. The molecule has 0 atom stereocenters. The quantitative estimate of drug-likeness (QED) is 0.131. The van der Waals surface area contributed by atoms with Crippen LogP contribution in [-0.2, 0) is 22.7 Å². The molecule has 0 saturated carbocycles. The standard InChI is InChI=1S/C45H23Cl4F3N4.Ni/c46-28-9-1-24(2-10-28)39-32-23-53-44(43(32)45(50,51)52)42(27-7-15-31(49)16-8-27)38-22-21-37(56-38)41(26-5-13-30(48)14-6-26)36-20-19-35(55-36)40(34-18-17-33(39)54-34)25-3-11-29(47)12-4-25;/h1-23H;/q-2;+2. The predicted molar refractivity (Wildman–Crippen MR) is 224 cm³/mol. The van der Waals surface area contributed by atoms with Crippen molar-refractivity contribution in [2.75, 3.05) is 0 Å². The van der Waals surface area contributed by atoms with Gasteiger partial charge in [0.05, 0.1) is 11.4 Å². The Kier molecular flexibility index (Phi) is 10.4. The van der Waals surface area contributed by atoms with Crippen LogP contribution in [0.25, 0.3) is 90.7 Å². The van der Waals surface area contributed by atoms with Gasteiger partial charge in [0.2, 0.25) is 0 Å². The summed E-state index contributed by atoms with van der Waals surface area (Å²) in [5, 5.41) is 1.78. The Hall–Kier alpha value is -5.08. The van der Waals surface area contributed by atoms with Crippen molar-refractivity contribution in [3.05, 3.63) is 164 Å². The topological polar surface area (TPSA) is 52.8 Å². The summed E-state index contributed by atoms with van der Waals surface area (Å²) < 4.78 is 47.4. The molecule has 5 heterocycles. The molecule has 3 aromatic heterocycles. The molecule has 9 rings (SSSR count). The first kappa shape index (κ1) is 38.8. The smallest absolute Gasteiger partial charge is 0.657 e. The van der Waals surface area contributed by atoms with Crippen LogP contribution in [-0.4, -0.2) is 15.0 Å². The number of aromatic nitrogens is 4. The van der Waals surface area contributed by atoms with Crippen LogP contribution in [0.3, 0.4) is 0 Å². The van der Waals surface area contributed by atoms with Gasteiger partial charge in [-0.15, -0.1) is 16.4 Å². The largest absolute Gasteiger partial charge is 2.00 e. The molecule has 4 nitrogen and oxygen atoms in total.